The number of rotatable bonds is 3. The lowest BCUT2D eigenvalue weighted by Crippen LogP contribution is -2.51. The molecular formula is C16H21ClN2O4. The van der Waals surface area contributed by atoms with Crippen molar-refractivity contribution in [2.45, 2.75) is 13.3 Å². The summed E-state index contributed by atoms with van der Waals surface area (Å²) in [5, 5.41) is 0.497. The van der Waals surface area contributed by atoms with Gasteiger partial charge in [-0.15, -0.1) is 0 Å². The van der Waals surface area contributed by atoms with E-state index in [9.17, 15) is 9.59 Å². The number of piperazine rings is 1. The van der Waals surface area contributed by atoms with Crippen LogP contribution in [0.3, 0.4) is 0 Å². The fraction of sp³-hybridized carbons (Fsp3) is 0.500. The molecule has 1 heterocycles. The molecule has 0 spiro atoms. The van der Waals surface area contributed by atoms with E-state index in [1.807, 2.05) is 13.0 Å². The molecule has 0 aliphatic carbocycles. The third-order valence-electron chi connectivity index (χ3n) is 4.02. The average molecular weight is 341 g/mol. The number of carbonyl (C=O) groups excluding carboxylic acids is 2. The lowest BCUT2D eigenvalue weighted by Gasteiger charge is -2.34. The zero-order valence-corrected chi connectivity index (χ0v) is 14.4. The Morgan fingerprint density at radius 3 is 2.30 bits per heavy atom. The molecule has 1 saturated heterocycles. The van der Waals surface area contributed by atoms with Crippen LogP contribution in [0.25, 0.3) is 0 Å². The second-order valence-corrected chi connectivity index (χ2v) is 5.84. The van der Waals surface area contributed by atoms with Crippen LogP contribution in [0, 0.1) is 6.92 Å². The van der Waals surface area contributed by atoms with E-state index in [1.54, 1.807) is 23.0 Å². The molecule has 1 aliphatic rings. The first-order valence-electron chi connectivity index (χ1n) is 7.40. The van der Waals surface area contributed by atoms with Crippen molar-refractivity contribution in [3.05, 3.63) is 28.3 Å². The fourth-order valence-corrected chi connectivity index (χ4v) is 2.85. The van der Waals surface area contributed by atoms with Crippen LogP contribution in [-0.4, -0.2) is 62.2 Å². The van der Waals surface area contributed by atoms with Gasteiger partial charge in [-0.3, -0.25) is 4.79 Å². The fourth-order valence-electron chi connectivity index (χ4n) is 2.59. The number of ether oxygens (including phenoxy) is 2. The van der Waals surface area contributed by atoms with Crippen LogP contribution < -0.4 is 4.74 Å². The predicted octanol–water partition coefficient (Wildman–Crippen LogP) is 2.11. The number of aryl methyl sites for hydroxylation is 1. The summed E-state index contributed by atoms with van der Waals surface area (Å²) in [7, 11) is 2.92. The van der Waals surface area contributed by atoms with Crippen LogP contribution >= 0.6 is 11.6 Å². The number of benzene rings is 1. The molecule has 0 unspecified atom stereocenters. The molecule has 1 aromatic carbocycles. The third kappa shape index (κ3) is 4.07. The first-order chi connectivity index (χ1) is 11.0. The standard InChI is InChI=1S/C16H21ClN2O4/c1-11-8-14(22-2)13(17)9-12(11)10-15(20)18-4-6-19(7-5-18)16(21)23-3/h8-9H,4-7,10H2,1-3H3. The van der Waals surface area contributed by atoms with Crippen LogP contribution in [0.4, 0.5) is 4.79 Å². The van der Waals surface area contributed by atoms with Gasteiger partial charge in [0.2, 0.25) is 5.91 Å². The molecule has 2 amide bonds. The molecule has 0 atom stereocenters. The van der Waals surface area contributed by atoms with E-state index in [4.69, 9.17) is 16.3 Å². The molecular weight excluding hydrogens is 320 g/mol. The van der Waals surface area contributed by atoms with Gasteiger partial charge >= 0.3 is 6.09 Å². The van der Waals surface area contributed by atoms with E-state index < -0.39 is 0 Å². The van der Waals surface area contributed by atoms with Crippen LogP contribution in [0.15, 0.2) is 12.1 Å². The van der Waals surface area contributed by atoms with Crippen LogP contribution in [0.1, 0.15) is 11.1 Å². The summed E-state index contributed by atoms with van der Waals surface area (Å²) in [5.41, 5.74) is 1.85. The van der Waals surface area contributed by atoms with Crippen LogP contribution in [0.2, 0.25) is 5.02 Å². The van der Waals surface area contributed by atoms with Crippen molar-refractivity contribution in [2.75, 3.05) is 40.4 Å². The van der Waals surface area contributed by atoms with Gasteiger partial charge in [0.1, 0.15) is 5.75 Å². The number of halogens is 1. The highest BCUT2D eigenvalue weighted by Gasteiger charge is 2.24. The number of methoxy groups -OCH3 is 2. The minimum Gasteiger partial charge on any atom is -0.495 e. The lowest BCUT2D eigenvalue weighted by atomic mass is 10.0. The van der Waals surface area contributed by atoms with Gasteiger partial charge in [0.05, 0.1) is 25.7 Å². The summed E-state index contributed by atoms with van der Waals surface area (Å²) >= 11 is 6.13. The highest BCUT2D eigenvalue weighted by atomic mass is 35.5. The van der Waals surface area contributed by atoms with E-state index in [0.29, 0.717) is 37.0 Å². The maximum Gasteiger partial charge on any atom is 0.409 e. The Bertz CT molecular complexity index is 598. The molecule has 23 heavy (non-hydrogen) atoms. The molecule has 0 aromatic heterocycles. The number of hydrogen-bond acceptors (Lipinski definition) is 4. The van der Waals surface area contributed by atoms with Crippen molar-refractivity contribution in [3.63, 3.8) is 0 Å². The van der Waals surface area contributed by atoms with Crippen molar-refractivity contribution in [2.24, 2.45) is 0 Å². The van der Waals surface area contributed by atoms with Crippen molar-refractivity contribution in [1.29, 1.82) is 0 Å². The monoisotopic (exact) mass is 340 g/mol. The van der Waals surface area contributed by atoms with Crippen LogP contribution in [-0.2, 0) is 16.0 Å². The van der Waals surface area contributed by atoms with Crippen molar-refractivity contribution < 1.29 is 19.1 Å². The number of hydrogen-bond donors (Lipinski definition) is 0. The highest BCUT2D eigenvalue weighted by Crippen LogP contribution is 2.28. The van der Waals surface area contributed by atoms with Gasteiger partial charge in [0.25, 0.3) is 0 Å². The van der Waals surface area contributed by atoms with Gasteiger partial charge in [-0.25, -0.2) is 4.79 Å². The smallest absolute Gasteiger partial charge is 0.409 e. The van der Waals surface area contributed by atoms with Gasteiger partial charge < -0.3 is 19.3 Å². The molecule has 0 saturated carbocycles. The second-order valence-electron chi connectivity index (χ2n) is 5.43. The third-order valence-corrected chi connectivity index (χ3v) is 4.31. The van der Waals surface area contributed by atoms with E-state index in [0.717, 1.165) is 11.1 Å². The Hall–Kier alpha value is -1.95. The molecule has 1 fully saturated rings. The SMILES string of the molecule is COC(=O)N1CCN(C(=O)Cc2cc(Cl)c(OC)cc2C)CC1. The van der Waals surface area contributed by atoms with Gasteiger partial charge in [-0.2, -0.15) is 0 Å². The summed E-state index contributed by atoms with van der Waals surface area (Å²) < 4.78 is 9.86. The van der Waals surface area contributed by atoms with Gasteiger partial charge in [-0.1, -0.05) is 11.6 Å². The molecule has 1 aliphatic heterocycles. The molecule has 0 N–H and O–H groups in total. The quantitative estimate of drug-likeness (QED) is 0.845. The Morgan fingerprint density at radius 2 is 1.74 bits per heavy atom. The van der Waals surface area contributed by atoms with Crippen LogP contribution in [0.5, 0.6) is 5.75 Å². The Kier molecular flexibility index (Phi) is 5.71. The topological polar surface area (TPSA) is 59.1 Å². The maximum absolute atomic E-state index is 12.4. The Labute approximate surface area is 140 Å². The van der Waals surface area contributed by atoms with Gasteiger partial charge in [0, 0.05) is 26.2 Å². The highest BCUT2D eigenvalue weighted by molar-refractivity contribution is 6.32. The zero-order valence-electron chi connectivity index (χ0n) is 13.6. The Balaban J connectivity index is 1.98. The zero-order chi connectivity index (χ0) is 17.0. The average Bonchev–Trinajstić information content (AvgIpc) is 2.57. The first-order valence-corrected chi connectivity index (χ1v) is 7.77. The molecule has 2 rings (SSSR count). The lowest BCUT2D eigenvalue weighted by molar-refractivity contribution is -0.132. The van der Waals surface area contributed by atoms with Crippen molar-refractivity contribution >= 4 is 23.6 Å². The van der Waals surface area contributed by atoms with Gasteiger partial charge in [0.15, 0.2) is 0 Å². The molecule has 1 aromatic rings. The predicted molar refractivity (Wildman–Crippen MR) is 87.0 cm³/mol. The number of carbonyl (C=O) groups is 2. The minimum absolute atomic E-state index is 0.0267. The number of amides is 2. The minimum atomic E-state index is -0.352. The summed E-state index contributed by atoms with van der Waals surface area (Å²) in [6.07, 6.45) is -0.0665. The van der Waals surface area contributed by atoms with Gasteiger partial charge in [-0.05, 0) is 30.2 Å². The summed E-state index contributed by atoms with van der Waals surface area (Å²) in [6.45, 7) is 3.92. The maximum atomic E-state index is 12.4. The van der Waals surface area contributed by atoms with Crippen molar-refractivity contribution in [3.8, 4) is 5.75 Å². The molecule has 0 bridgehead atoms. The normalized spacial score (nSPS) is 14.6. The van der Waals surface area contributed by atoms with E-state index >= 15 is 0 Å². The summed E-state index contributed by atoms with van der Waals surface area (Å²) in [6, 6.07) is 3.61. The second kappa shape index (κ2) is 7.55. The summed E-state index contributed by atoms with van der Waals surface area (Å²) in [4.78, 5) is 27.3. The molecule has 126 valence electrons. The Morgan fingerprint density at radius 1 is 1.13 bits per heavy atom. The molecule has 6 nitrogen and oxygen atoms in total. The van der Waals surface area contributed by atoms with E-state index in [2.05, 4.69) is 4.74 Å². The largest absolute Gasteiger partial charge is 0.495 e. The van der Waals surface area contributed by atoms with Crippen molar-refractivity contribution in [1.82, 2.24) is 9.80 Å². The van der Waals surface area contributed by atoms with E-state index in [-0.39, 0.29) is 18.4 Å². The first kappa shape index (κ1) is 17.4. The van der Waals surface area contributed by atoms with E-state index in [1.165, 1.54) is 7.11 Å². The summed E-state index contributed by atoms with van der Waals surface area (Å²) in [5.74, 6) is 0.630. The molecule has 0 radical (unpaired) electrons. The number of nitrogens with zero attached hydrogens (tertiary/aromatic N) is 2. The molecule has 7 heteroatoms.